The first kappa shape index (κ1) is 11.4. The molecule has 0 aromatic rings. The lowest BCUT2D eigenvalue weighted by Crippen LogP contribution is -2.26. The summed E-state index contributed by atoms with van der Waals surface area (Å²) < 4.78 is 10.6. The summed E-state index contributed by atoms with van der Waals surface area (Å²) >= 11 is 0. The van der Waals surface area contributed by atoms with Crippen molar-refractivity contribution in [2.75, 3.05) is 19.8 Å². The van der Waals surface area contributed by atoms with Gasteiger partial charge in [-0.1, -0.05) is 13.3 Å². The fourth-order valence-corrected chi connectivity index (χ4v) is 2.42. The minimum absolute atomic E-state index is 0.0201. The van der Waals surface area contributed by atoms with Crippen molar-refractivity contribution < 1.29 is 14.4 Å². The Morgan fingerprint density at radius 1 is 1.69 bits per heavy atom. The molecular formula is C9H19O3P. The molecule has 1 aliphatic heterocycles. The zero-order chi connectivity index (χ0) is 9.73. The fourth-order valence-electron chi connectivity index (χ4n) is 2.07. The summed E-state index contributed by atoms with van der Waals surface area (Å²) in [4.78, 5) is 0. The summed E-state index contributed by atoms with van der Waals surface area (Å²) in [7, 11) is 2.29. The molecule has 3 atom stereocenters. The van der Waals surface area contributed by atoms with Gasteiger partial charge in [0, 0.05) is 14.9 Å². The van der Waals surface area contributed by atoms with Crippen molar-refractivity contribution in [2.24, 2.45) is 5.41 Å². The van der Waals surface area contributed by atoms with Crippen LogP contribution >= 0.6 is 9.47 Å². The molecule has 0 spiro atoms. The van der Waals surface area contributed by atoms with Crippen molar-refractivity contribution in [2.45, 2.75) is 32.3 Å². The van der Waals surface area contributed by atoms with E-state index < -0.39 is 0 Å². The van der Waals surface area contributed by atoms with Gasteiger partial charge >= 0.3 is 0 Å². The zero-order valence-electron chi connectivity index (χ0n) is 8.16. The molecule has 1 rings (SSSR count). The van der Waals surface area contributed by atoms with Crippen molar-refractivity contribution in [3.8, 4) is 0 Å². The molecule has 1 fully saturated rings. The Hall–Kier alpha value is 0.310. The summed E-state index contributed by atoms with van der Waals surface area (Å²) in [6.07, 6.45) is 3.19. The Balaban J connectivity index is 2.49. The molecule has 0 bridgehead atoms. The highest BCUT2D eigenvalue weighted by atomic mass is 31.0. The van der Waals surface area contributed by atoms with E-state index in [2.05, 4.69) is 16.4 Å². The van der Waals surface area contributed by atoms with E-state index >= 15 is 0 Å². The number of hydrogen-bond donors (Lipinski definition) is 1. The van der Waals surface area contributed by atoms with Crippen LogP contribution in [0.3, 0.4) is 0 Å². The Kier molecular flexibility index (Phi) is 4.60. The molecule has 1 saturated heterocycles. The Morgan fingerprint density at radius 2 is 2.46 bits per heavy atom. The molecule has 0 aromatic heterocycles. The van der Waals surface area contributed by atoms with Crippen LogP contribution in [0.15, 0.2) is 0 Å². The number of ether oxygens (including phenoxy) is 1. The summed E-state index contributed by atoms with van der Waals surface area (Å²) in [5, 5.41) is 8.96. The van der Waals surface area contributed by atoms with Crippen molar-refractivity contribution in [3.63, 3.8) is 0 Å². The van der Waals surface area contributed by atoms with Gasteiger partial charge < -0.3 is 14.4 Å². The highest BCUT2D eigenvalue weighted by Crippen LogP contribution is 2.37. The molecule has 13 heavy (non-hydrogen) atoms. The third-order valence-electron chi connectivity index (χ3n) is 2.66. The van der Waals surface area contributed by atoms with Gasteiger partial charge in [-0.15, -0.1) is 0 Å². The predicted molar refractivity (Wildman–Crippen MR) is 54.4 cm³/mol. The van der Waals surface area contributed by atoms with Crippen molar-refractivity contribution in [3.05, 3.63) is 0 Å². The predicted octanol–water partition coefficient (Wildman–Crippen LogP) is 1.36. The van der Waals surface area contributed by atoms with Gasteiger partial charge in [0.25, 0.3) is 0 Å². The monoisotopic (exact) mass is 206 g/mol. The molecule has 3 unspecified atom stereocenters. The Labute approximate surface area is 82.1 Å². The minimum Gasteiger partial charge on any atom is -0.394 e. The first-order chi connectivity index (χ1) is 6.26. The van der Waals surface area contributed by atoms with Crippen molar-refractivity contribution in [1.82, 2.24) is 0 Å². The zero-order valence-corrected chi connectivity index (χ0v) is 9.32. The molecular weight excluding hydrogens is 187 g/mol. The lowest BCUT2D eigenvalue weighted by molar-refractivity contribution is 0.0471. The molecule has 1 N–H and O–H groups in total. The van der Waals surface area contributed by atoms with E-state index in [4.69, 9.17) is 14.4 Å². The molecule has 4 heteroatoms. The molecule has 1 aliphatic rings. The second kappa shape index (κ2) is 5.26. The van der Waals surface area contributed by atoms with Gasteiger partial charge in [0.05, 0.1) is 25.9 Å². The number of rotatable bonds is 5. The van der Waals surface area contributed by atoms with Gasteiger partial charge in [-0.05, 0) is 12.8 Å². The molecule has 0 radical (unpaired) electrons. The van der Waals surface area contributed by atoms with Crippen LogP contribution < -0.4 is 0 Å². The molecule has 1 heterocycles. The third-order valence-corrected chi connectivity index (χ3v) is 2.83. The van der Waals surface area contributed by atoms with Crippen LogP contribution in [0.4, 0.5) is 0 Å². The standard InChI is InChI=1S/C9H19O3P/c1-2-3-9(7-12-13)4-8(5-10)11-6-9/h8,10H,2-7,13H2,1H3. The van der Waals surface area contributed by atoms with Gasteiger partial charge in [0.15, 0.2) is 0 Å². The second-order valence-electron chi connectivity index (χ2n) is 3.88. The number of aliphatic hydroxyl groups is 1. The van der Waals surface area contributed by atoms with Gasteiger partial charge in [-0.3, -0.25) is 0 Å². The van der Waals surface area contributed by atoms with E-state index in [9.17, 15) is 0 Å². The van der Waals surface area contributed by atoms with Crippen LogP contribution in [0.5, 0.6) is 0 Å². The fraction of sp³-hybridized carbons (Fsp3) is 1.00. The lowest BCUT2D eigenvalue weighted by Gasteiger charge is -2.25. The number of aliphatic hydroxyl groups excluding tert-OH is 1. The minimum atomic E-state index is 0.0201. The molecule has 3 nitrogen and oxygen atoms in total. The van der Waals surface area contributed by atoms with E-state index in [-0.39, 0.29) is 18.1 Å². The molecule has 0 saturated carbocycles. The Morgan fingerprint density at radius 3 is 2.92 bits per heavy atom. The smallest absolute Gasteiger partial charge is 0.0813 e. The summed E-state index contributed by atoms with van der Waals surface area (Å²) in [6.45, 7) is 3.72. The Bertz CT molecular complexity index is 146. The third kappa shape index (κ3) is 2.88. The quantitative estimate of drug-likeness (QED) is 0.690. The van der Waals surface area contributed by atoms with Gasteiger partial charge in [0.2, 0.25) is 0 Å². The molecule has 0 aliphatic carbocycles. The van der Waals surface area contributed by atoms with Crippen molar-refractivity contribution in [1.29, 1.82) is 0 Å². The van der Waals surface area contributed by atoms with Crippen LogP contribution in [-0.2, 0) is 9.26 Å². The topological polar surface area (TPSA) is 38.7 Å². The summed E-state index contributed by atoms with van der Waals surface area (Å²) in [5.41, 5.74) is 0.143. The molecule has 0 amide bonds. The van der Waals surface area contributed by atoms with Gasteiger partial charge in [-0.2, -0.15) is 0 Å². The van der Waals surface area contributed by atoms with E-state index in [1.54, 1.807) is 0 Å². The normalized spacial score (nSPS) is 33.9. The maximum absolute atomic E-state index is 8.96. The van der Waals surface area contributed by atoms with Gasteiger partial charge in [-0.25, -0.2) is 0 Å². The highest BCUT2D eigenvalue weighted by Gasteiger charge is 2.39. The van der Waals surface area contributed by atoms with Crippen molar-refractivity contribution >= 4 is 9.47 Å². The average molecular weight is 206 g/mol. The van der Waals surface area contributed by atoms with Crippen LogP contribution in [-0.4, -0.2) is 31.0 Å². The lowest BCUT2D eigenvalue weighted by atomic mass is 9.82. The highest BCUT2D eigenvalue weighted by molar-refractivity contribution is 7.09. The van der Waals surface area contributed by atoms with E-state index in [1.165, 1.54) is 0 Å². The number of hydrogen-bond acceptors (Lipinski definition) is 3. The average Bonchev–Trinajstić information content (AvgIpc) is 2.50. The summed E-state index contributed by atoms with van der Waals surface area (Å²) in [6, 6.07) is 0. The molecule has 0 aromatic carbocycles. The maximum Gasteiger partial charge on any atom is 0.0813 e. The first-order valence-electron chi connectivity index (χ1n) is 4.80. The summed E-state index contributed by atoms with van der Waals surface area (Å²) in [5.74, 6) is 0. The van der Waals surface area contributed by atoms with Crippen LogP contribution in [0.2, 0.25) is 0 Å². The van der Waals surface area contributed by atoms with Crippen LogP contribution in [0, 0.1) is 5.41 Å². The first-order valence-corrected chi connectivity index (χ1v) is 5.27. The van der Waals surface area contributed by atoms with Gasteiger partial charge in [0.1, 0.15) is 0 Å². The molecule has 78 valence electrons. The van der Waals surface area contributed by atoms with E-state index in [1.807, 2.05) is 0 Å². The van der Waals surface area contributed by atoms with E-state index in [0.717, 1.165) is 25.9 Å². The second-order valence-corrected chi connectivity index (χ2v) is 4.21. The SMILES string of the molecule is CCCC1(COP)COC(CO)C1. The largest absolute Gasteiger partial charge is 0.394 e. The van der Waals surface area contributed by atoms with Crippen LogP contribution in [0.1, 0.15) is 26.2 Å². The van der Waals surface area contributed by atoms with Crippen LogP contribution in [0.25, 0.3) is 0 Å². The van der Waals surface area contributed by atoms with E-state index in [0.29, 0.717) is 6.61 Å². The maximum atomic E-state index is 8.96.